The number of hydrogen-bond donors (Lipinski definition) is 0. The molecule has 1 aromatic heterocycles. The smallest absolute Gasteiger partial charge is 0.258 e. The Morgan fingerprint density at radius 1 is 1.26 bits per heavy atom. The normalized spacial score (nSPS) is 10.4. The van der Waals surface area contributed by atoms with Crippen molar-refractivity contribution in [1.82, 2.24) is 4.90 Å². The second kappa shape index (κ2) is 7.47. The van der Waals surface area contributed by atoms with Crippen molar-refractivity contribution < 1.29 is 9.21 Å². The molecule has 0 saturated carbocycles. The number of rotatable bonds is 5. The highest BCUT2D eigenvalue weighted by molar-refractivity contribution is 9.10. The molecule has 0 aliphatic heterocycles. The van der Waals surface area contributed by atoms with Crippen LogP contribution in [0.5, 0.6) is 0 Å². The molecule has 0 N–H and O–H groups in total. The third-order valence-corrected chi connectivity index (χ3v) is 4.59. The maximum absolute atomic E-state index is 12.9. The van der Waals surface area contributed by atoms with Crippen LogP contribution in [0.1, 0.15) is 46.3 Å². The molecule has 0 atom stereocenters. The number of halogens is 1. The van der Waals surface area contributed by atoms with Gasteiger partial charge in [0.15, 0.2) is 0 Å². The SMILES string of the molecule is CCCN(Cc1ccc(C#N)cc1)C(=O)c1c(C)oc(C)c1Br. The van der Waals surface area contributed by atoms with Gasteiger partial charge >= 0.3 is 0 Å². The summed E-state index contributed by atoms with van der Waals surface area (Å²) in [5.74, 6) is 1.29. The lowest BCUT2D eigenvalue weighted by Crippen LogP contribution is -2.31. The zero-order valence-electron chi connectivity index (χ0n) is 13.5. The lowest BCUT2D eigenvalue weighted by molar-refractivity contribution is 0.0740. The Balaban J connectivity index is 2.26. The van der Waals surface area contributed by atoms with Gasteiger partial charge in [0.25, 0.3) is 5.91 Å². The minimum Gasteiger partial charge on any atom is -0.465 e. The predicted octanol–water partition coefficient (Wildman–Crippen LogP) is 4.58. The van der Waals surface area contributed by atoms with E-state index in [0.717, 1.165) is 16.5 Å². The fourth-order valence-electron chi connectivity index (χ4n) is 2.49. The molecule has 0 bridgehead atoms. The quantitative estimate of drug-likeness (QED) is 0.769. The van der Waals surface area contributed by atoms with Crippen LogP contribution in [-0.4, -0.2) is 17.4 Å². The molecule has 0 spiro atoms. The van der Waals surface area contributed by atoms with Crippen molar-refractivity contribution in [1.29, 1.82) is 5.26 Å². The molecule has 0 radical (unpaired) electrons. The highest BCUT2D eigenvalue weighted by Gasteiger charge is 2.24. The first kappa shape index (κ1) is 17.3. The molecular formula is C18H19BrN2O2. The molecule has 120 valence electrons. The van der Waals surface area contributed by atoms with Crippen molar-refractivity contribution in [2.75, 3.05) is 6.54 Å². The van der Waals surface area contributed by atoms with E-state index in [2.05, 4.69) is 22.0 Å². The van der Waals surface area contributed by atoms with Crippen LogP contribution in [-0.2, 0) is 6.54 Å². The van der Waals surface area contributed by atoms with Crippen molar-refractivity contribution in [3.05, 3.63) is 56.9 Å². The number of nitriles is 1. The van der Waals surface area contributed by atoms with Gasteiger partial charge in [-0.05, 0) is 53.9 Å². The molecule has 0 unspecified atom stereocenters. The Morgan fingerprint density at radius 3 is 2.39 bits per heavy atom. The van der Waals surface area contributed by atoms with Crippen molar-refractivity contribution in [2.45, 2.75) is 33.7 Å². The fourth-order valence-corrected chi connectivity index (χ4v) is 3.02. The molecule has 2 aromatic rings. The molecule has 1 heterocycles. The van der Waals surface area contributed by atoms with Crippen LogP contribution in [0.25, 0.3) is 0 Å². The molecule has 4 nitrogen and oxygen atoms in total. The molecule has 1 aromatic carbocycles. The monoisotopic (exact) mass is 374 g/mol. The Bertz CT molecular complexity index is 742. The van der Waals surface area contributed by atoms with E-state index in [0.29, 0.717) is 35.7 Å². The number of benzene rings is 1. The van der Waals surface area contributed by atoms with Crippen LogP contribution in [0, 0.1) is 25.2 Å². The number of nitrogens with zero attached hydrogens (tertiary/aromatic N) is 2. The van der Waals surface area contributed by atoms with E-state index < -0.39 is 0 Å². The van der Waals surface area contributed by atoms with Gasteiger partial charge in [0.05, 0.1) is 21.7 Å². The minimum atomic E-state index is -0.0440. The Hall–Kier alpha value is -2.06. The molecule has 1 amide bonds. The van der Waals surface area contributed by atoms with Gasteiger partial charge in [-0.2, -0.15) is 5.26 Å². The van der Waals surface area contributed by atoms with Gasteiger partial charge in [0.1, 0.15) is 11.5 Å². The van der Waals surface area contributed by atoms with Crippen LogP contribution in [0.3, 0.4) is 0 Å². The van der Waals surface area contributed by atoms with Crippen LogP contribution in [0.15, 0.2) is 33.2 Å². The third-order valence-electron chi connectivity index (χ3n) is 3.64. The number of aryl methyl sites for hydroxylation is 2. The van der Waals surface area contributed by atoms with E-state index in [1.807, 2.05) is 30.9 Å². The number of carbonyl (C=O) groups is 1. The van der Waals surface area contributed by atoms with E-state index in [4.69, 9.17) is 9.68 Å². The minimum absolute atomic E-state index is 0.0440. The Morgan fingerprint density at radius 2 is 1.91 bits per heavy atom. The van der Waals surface area contributed by atoms with E-state index >= 15 is 0 Å². The van der Waals surface area contributed by atoms with E-state index in [-0.39, 0.29) is 5.91 Å². The van der Waals surface area contributed by atoms with Gasteiger partial charge in [0.2, 0.25) is 0 Å². The summed E-state index contributed by atoms with van der Waals surface area (Å²) in [5.41, 5.74) is 2.20. The zero-order valence-corrected chi connectivity index (χ0v) is 15.1. The summed E-state index contributed by atoms with van der Waals surface area (Å²) in [5, 5.41) is 8.86. The van der Waals surface area contributed by atoms with E-state index in [9.17, 15) is 4.79 Å². The first-order chi connectivity index (χ1) is 11.0. The number of carbonyl (C=O) groups excluding carboxylic acids is 1. The zero-order chi connectivity index (χ0) is 17.0. The Labute approximate surface area is 144 Å². The number of furan rings is 1. The molecular weight excluding hydrogens is 356 g/mol. The second-order valence-corrected chi connectivity index (χ2v) is 6.23. The molecule has 5 heteroatoms. The maximum atomic E-state index is 12.9. The van der Waals surface area contributed by atoms with E-state index in [1.54, 1.807) is 19.1 Å². The molecule has 0 saturated heterocycles. The van der Waals surface area contributed by atoms with Crippen LogP contribution in [0.4, 0.5) is 0 Å². The first-order valence-electron chi connectivity index (χ1n) is 7.51. The van der Waals surface area contributed by atoms with Gasteiger partial charge in [-0.15, -0.1) is 0 Å². The molecule has 23 heavy (non-hydrogen) atoms. The lowest BCUT2D eigenvalue weighted by Gasteiger charge is -2.22. The standard InChI is InChI=1S/C18H19BrN2O2/c1-4-9-21(11-15-7-5-14(10-20)6-8-15)18(22)16-12(2)23-13(3)17(16)19/h5-8H,4,9,11H2,1-3H3. The largest absolute Gasteiger partial charge is 0.465 e. The molecule has 0 aliphatic rings. The summed E-state index contributed by atoms with van der Waals surface area (Å²) >= 11 is 3.45. The van der Waals surface area contributed by atoms with Crippen LogP contribution < -0.4 is 0 Å². The van der Waals surface area contributed by atoms with Gasteiger partial charge < -0.3 is 9.32 Å². The number of amides is 1. The highest BCUT2D eigenvalue weighted by Crippen LogP contribution is 2.29. The average Bonchev–Trinajstić information content (AvgIpc) is 2.79. The first-order valence-corrected chi connectivity index (χ1v) is 8.31. The predicted molar refractivity (Wildman–Crippen MR) is 92.1 cm³/mol. The summed E-state index contributed by atoms with van der Waals surface area (Å²) in [6, 6.07) is 9.41. The second-order valence-electron chi connectivity index (χ2n) is 5.44. The van der Waals surface area contributed by atoms with Crippen LogP contribution in [0.2, 0.25) is 0 Å². The molecule has 0 aliphatic carbocycles. The summed E-state index contributed by atoms with van der Waals surface area (Å²) in [6.45, 7) is 6.85. The lowest BCUT2D eigenvalue weighted by atomic mass is 10.1. The van der Waals surface area contributed by atoms with Crippen molar-refractivity contribution in [3.63, 3.8) is 0 Å². The summed E-state index contributed by atoms with van der Waals surface area (Å²) in [4.78, 5) is 14.7. The molecule has 0 fully saturated rings. The van der Waals surface area contributed by atoms with Crippen molar-refractivity contribution >= 4 is 21.8 Å². The topological polar surface area (TPSA) is 57.2 Å². The fraction of sp³-hybridized carbons (Fsp3) is 0.333. The van der Waals surface area contributed by atoms with Gasteiger partial charge in [0, 0.05) is 13.1 Å². The maximum Gasteiger partial charge on any atom is 0.258 e. The summed E-state index contributed by atoms with van der Waals surface area (Å²) < 4.78 is 6.27. The molecule has 2 rings (SSSR count). The van der Waals surface area contributed by atoms with Gasteiger partial charge in [-0.25, -0.2) is 0 Å². The summed E-state index contributed by atoms with van der Waals surface area (Å²) in [6.07, 6.45) is 0.871. The van der Waals surface area contributed by atoms with E-state index in [1.165, 1.54) is 0 Å². The van der Waals surface area contributed by atoms with Crippen molar-refractivity contribution in [3.8, 4) is 6.07 Å². The van der Waals surface area contributed by atoms with Gasteiger partial charge in [-0.3, -0.25) is 4.79 Å². The summed E-state index contributed by atoms with van der Waals surface area (Å²) in [7, 11) is 0. The number of hydrogen-bond acceptors (Lipinski definition) is 3. The van der Waals surface area contributed by atoms with Gasteiger partial charge in [-0.1, -0.05) is 19.1 Å². The van der Waals surface area contributed by atoms with Crippen molar-refractivity contribution in [2.24, 2.45) is 0 Å². The van der Waals surface area contributed by atoms with Crippen LogP contribution >= 0.6 is 15.9 Å². The average molecular weight is 375 g/mol. The highest BCUT2D eigenvalue weighted by atomic mass is 79.9. The third kappa shape index (κ3) is 3.83. The Kier molecular flexibility index (Phi) is 5.62.